The number of ether oxygens (including phenoxy) is 6. The van der Waals surface area contributed by atoms with Gasteiger partial charge in [-0.2, -0.15) is 0 Å². The maximum atomic E-state index is 13.1. The molecule has 0 aromatic carbocycles. The molecule has 0 saturated carbocycles. The molecule has 0 aliphatic rings. The summed E-state index contributed by atoms with van der Waals surface area (Å²) in [6.45, 7) is 6.70. The van der Waals surface area contributed by atoms with E-state index in [9.17, 15) is 76.7 Å². The molecule has 130 heavy (non-hydrogen) atoms. The van der Waals surface area contributed by atoms with Crippen molar-refractivity contribution in [2.24, 2.45) is 22.9 Å². The highest BCUT2D eigenvalue weighted by Crippen LogP contribution is 2.09. The Labute approximate surface area is 802 Å². The zero-order valence-electron chi connectivity index (χ0n) is 76.7. The summed E-state index contributed by atoms with van der Waals surface area (Å²) in [6.07, 6.45) is 18.3. The highest BCUT2D eigenvalue weighted by atomic mass is 79.9. The molecule has 0 unspecified atom stereocenters. The summed E-state index contributed by atoms with van der Waals surface area (Å²) in [7, 11) is 0. The first-order valence-electron chi connectivity index (χ1n) is 46.0. The monoisotopic (exact) mass is 2110 g/mol. The van der Waals surface area contributed by atoms with Crippen LogP contribution in [0.1, 0.15) is 205 Å². The van der Waals surface area contributed by atoms with Crippen LogP contribution in [0, 0.1) is 0 Å². The molecule has 0 heterocycles. The van der Waals surface area contributed by atoms with Crippen LogP contribution in [0.5, 0.6) is 0 Å². The second kappa shape index (κ2) is 91.9. The molecule has 0 atom stereocenters. The van der Waals surface area contributed by atoms with Crippen LogP contribution < -0.4 is 86.7 Å². The maximum Gasteiger partial charge on any atom is 0.409 e. The molecular formula is C84H156Br4N20O22. The number of rotatable bonds is 84. The van der Waals surface area contributed by atoms with Crippen LogP contribution in [-0.2, 0) is 86.0 Å². The number of nitrogens with two attached hydrogens (primary N) is 4. The Morgan fingerprint density at radius 3 is 0.477 bits per heavy atom. The van der Waals surface area contributed by atoms with E-state index >= 15 is 0 Å². The van der Waals surface area contributed by atoms with Gasteiger partial charge in [0.25, 0.3) is 0 Å². The summed E-state index contributed by atoms with van der Waals surface area (Å²) in [4.78, 5) is 202. The van der Waals surface area contributed by atoms with Crippen molar-refractivity contribution < 1.29 is 105 Å². The molecule has 0 radical (unpaired) electrons. The molecule has 42 nitrogen and oxygen atoms in total. The normalized spacial score (nSPS) is 10.6. The summed E-state index contributed by atoms with van der Waals surface area (Å²) in [6, 6.07) is 0. The van der Waals surface area contributed by atoms with Crippen LogP contribution in [0.3, 0.4) is 0 Å². The van der Waals surface area contributed by atoms with Gasteiger partial charge in [0.1, 0.15) is 26.4 Å². The molecular weight excluding hydrogens is 1960 g/mol. The molecule has 0 aliphatic carbocycles. The van der Waals surface area contributed by atoms with Gasteiger partial charge >= 0.3 is 24.4 Å². The number of alkyl halides is 4. The third-order valence-corrected chi connectivity index (χ3v) is 21.0. The number of hydrogen-bond donors (Lipinski definition) is 16. The molecule has 752 valence electrons. The second-order valence-electron chi connectivity index (χ2n) is 30.0. The maximum absolute atomic E-state index is 13.1. The van der Waals surface area contributed by atoms with Gasteiger partial charge in [0.05, 0.1) is 47.7 Å². The number of carbonyl (C=O) groups excluding carboxylic acids is 16. The summed E-state index contributed by atoms with van der Waals surface area (Å²) in [5, 5.41) is 34.4. The van der Waals surface area contributed by atoms with Crippen LogP contribution in [0.4, 0.5) is 19.2 Å². The lowest BCUT2D eigenvalue weighted by Gasteiger charge is -2.23. The van der Waals surface area contributed by atoms with E-state index in [-0.39, 0.29) is 275 Å². The molecule has 0 spiro atoms. The largest absolute Gasteiger partial charge is 0.447 e. The van der Waals surface area contributed by atoms with Crippen LogP contribution in [-0.4, -0.2) is 346 Å². The minimum atomic E-state index is -0.684. The predicted molar refractivity (Wildman–Crippen MR) is 509 cm³/mol. The molecule has 0 fully saturated rings. The van der Waals surface area contributed by atoms with Gasteiger partial charge in [-0.1, -0.05) is 115 Å². The van der Waals surface area contributed by atoms with Gasteiger partial charge in [0.2, 0.25) is 70.9 Å². The van der Waals surface area contributed by atoms with Gasteiger partial charge in [-0.05, 0) is 129 Å². The van der Waals surface area contributed by atoms with Crippen LogP contribution in [0.2, 0.25) is 0 Å². The first-order valence-corrected chi connectivity index (χ1v) is 50.5. The van der Waals surface area contributed by atoms with Gasteiger partial charge < -0.3 is 135 Å². The highest BCUT2D eigenvalue weighted by molar-refractivity contribution is 9.10. The van der Waals surface area contributed by atoms with E-state index in [1.807, 2.05) is 0 Å². The van der Waals surface area contributed by atoms with Crippen molar-refractivity contribution in [1.82, 2.24) is 83.4 Å². The molecule has 0 aromatic rings. The van der Waals surface area contributed by atoms with Crippen LogP contribution in [0.25, 0.3) is 0 Å². The van der Waals surface area contributed by atoms with E-state index < -0.39 is 24.4 Å². The second-order valence-corrected chi connectivity index (χ2v) is 32.2. The van der Waals surface area contributed by atoms with Gasteiger partial charge in [-0.3, -0.25) is 57.5 Å². The Morgan fingerprint density at radius 1 is 0.185 bits per heavy atom. The zero-order chi connectivity index (χ0) is 96.4. The van der Waals surface area contributed by atoms with E-state index in [0.29, 0.717) is 104 Å². The topological polar surface area (TPSA) is 590 Å². The SMILES string of the molecule is NCCCCCC(=O)NCCN(CCNC(=O)CCCCCN)C(=O)OCCOCCOC(=O)N(CCNC(=O)CCCCCN)CCNC(=O)CCCCCN.O=C(CBr)NCCCCCC(=O)NCCN(CCNC(=O)CCCCCNC(=O)CBr)C(=O)OCCOCCOC(=O)N(CCNC(=O)CCCCCNC(=O)CBr)CCNC(=O)CCCCCNC(=O)CBr. The number of unbranched alkanes of at least 4 members (excludes halogenated alkanes) is 16. The quantitative estimate of drug-likeness (QED) is 0.0236. The standard InChI is InChI=1S/C46H80Br4N10O13.C38H76N10O9/c47-33-41(65)51-17-9-1-5-13-37(61)55-21-25-59(26-22-56-38(62)14-6-2-10-18-52-42(66)34-48)45(69)72-31-29-71-30-32-73-46(70)60(27-23-57-39(63)15-7-3-11-19-53-43(67)35-49)28-24-58-40(64)16-8-4-12-20-54-44(68)36-50;39-17-9-1-5-13-33(49)43-21-25-47(26-22-44-34(50)14-6-2-10-18-40)37(53)56-31-29-55-30-32-57-38(54)48(27-23-45-35(51)15-7-3-11-19-41)28-24-46-36(52)16-8-4-12-20-42/h1-36H2,(H,51,65)(H,52,66)(H,53,67)(H,54,68)(H,55,61)(H,56,62)(H,57,63)(H,58,64);1-32,39-42H2,(H,43,49)(H,44,50)(H,45,51)(H,46,52). The molecule has 46 heteroatoms. The fourth-order valence-corrected chi connectivity index (χ4v) is 12.5. The Bertz CT molecular complexity index is 2720. The average molecular weight is 2120 g/mol. The van der Waals surface area contributed by atoms with E-state index in [1.165, 1.54) is 19.6 Å². The van der Waals surface area contributed by atoms with Gasteiger partial charge in [-0.15, -0.1) is 0 Å². The number of carbonyl (C=O) groups is 16. The van der Waals surface area contributed by atoms with Gasteiger partial charge in [0, 0.05) is 182 Å². The highest BCUT2D eigenvalue weighted by Gasteiger charge is 2.22. The Hall–Kier alpha value is -7.60. The number of amides is 16. The first kappa shape index (κ1) is 124. The van der Waals surface area contributed by atoms with E-state index in [1.54, 1.807) is 0 Å². The van der Waals surface area contributed by atoms with Crippen LogP contribution >= 0.6 is 63.7 Å². The number of nitrogens with one attached hydrogen (secondary N) is 12. The van der Waals surface area contributed by atoms with Crippen LogP contribution in [0.15, 0.2) is 0 Å². The smallest absolute Gasteiger partial charge is 0.409 e. The van der Waals surface area contributed by atoms with Crippen molar-refractivity contribution in [3.05, 3.63) is 0 Å². The fraction of sp³-hybridized carbons (Fsp3) is 0.810. The minimum Gasteiger partial charge on any atom is -0.447 e. The fourth-order valence-electron chi connectivity index (χ4n) is 11.7. The van der Waals surface area contributed by atoms with Crippen molar-refractivity contribution >= 4 is 159 Å². The lowest BCUT2D eigenvalue weighted by Crippen LogP contribution is -2.43. The Balaban J connectivity index is 0. The van der Waals surface area contributed by atoms with Crippen molar-refractivity contribution in [2.45, 2.75) is 205 Å². The number of halogens is 4. The van der Waals surface area contributed by atoms with E-state index in [4.69, 9.17) is 51.4 Å². The average Bonchev–Trinajstić information content (AvgIpc) is 0.943. The molecule has 0 aliphatic heterocycles. The molecule has 0 rings (SSSR count). The molecule has 0 bridgehead atoms. The van der Waals surface area contributed by atoms with E-state index in [0.717, 1.165) is 128 Å². The summed E-state index contributed by atoms with van der Waals surface area (Å²) < 4.78 is 32.7. The minimum absolute atomic E-state index is 0.0249. The Kier molecular flexibility index (Phi) is 87.9. The molecule has 16 amide bonds. The lowest BCUT2D eigenvalue weighted by molar-refractivity contribution is -0.122. The summed E-state index contributed by atoms with van der Waals surface area (Å²) in [5.74, 6) is -1.60. The van der Waals surface area contributed by atoms with Crippen molar-refractivity contribution in [2.75, 3.05) is 231 Å². The summed E-state index contributed by atoms with van der Waals surface area (Å²) in [5.41, 5.74) is 22.0. The van der Waals surface area contributed by atoms with Crippen molar-refractivity contribution in [1.29, 1.82) is 0 Å². The number of nitrogens with zero attached hydrogens (tertiary/aromatic N) is 4. The molecule has 0 saturated heterocycles. The summed E-state index contributed by atoms with van der Waals surface area (Å²) >= 11 is 12.4. The number of hydrogen-bond acceptors (Lipinski definition) is 26. The van der Waals surface area contributed by atoms with E-state index in [2.05, 4.69) is 128 Å². The molecule has 20 N–H and O–H groups in total. The van der Waals surface area contributed by atoms with Crippen molar-refractivity contribution in [3.8, 4) is 0 Å². The molecule has 0 aromatic heterocycles. The lowest BCUT2D eigenvalue weighted by atomic mass is 10.2. The predicted octanol–water partition coefficient (Wildman–Crippen LogP) is 3.05. The zero-order valence-corrected chi connectivity index (χ0v) is 83.0. The Morgan fingerprint density at radius 2 is 0.331 bits per heavy atom. The van der Waals surface area contributed by atoms with Crippen molar-refractivity contribution in [3.63, 3.8) is 0 Å². The first-order chi connectivity index (χ1) is 62.9. The third kappa shape index (κ3) is 82.3. The van der Waals surface area contributed by atoms with Gasteiger partial charge in [-0.25, -0.2) is 19.2 Å². The van der Waals surface area contributed by atoms with Gasteiger partial charge in [0.15, 0.2) is 0 Å². The third-order valence-electron chi connectivity index (χ3n) is 19.0.